The van der Waals surface area contributed by atoms with E-state index in [1.807, 2.05) is 19.1 Å². The highest BCUT2D eigenvalue weighted by atomic mass is 32.2. The van der Waals surface area contributed by atoms with Crippen molar-refractivity contribution in [2.75, 3.05) is 13.1 Å². The first-order valence-electron chi connectivity index (χ1n) is 6.41. The molecule has 0 bridgehead atoms. The normalized spacial score (nSPS) is 18.2. The van der Waals surface area contributed by atoms with Gasteiger partial charge >= 0.3 is 5.97 Å². The van der Waals surface area contributed by atoms with Gasteiger partial charge in [0.15, 0.2) is 0 Å². The molecule has 1 fully saturated rings. The van der Waals surface area contributed by atoms with Gasteiger partial charge in [-0.25, -0.2) is 0 Å². The van der Waals surface area contributed by atoms with Crippen LogP contribution in [0.5, 0.6) is 0 Å². The van der Waals surface area contributed by atoms with E-state index in [1.165, 1.54) is 4.31 Å². The quantitative estimate of drug-likeness (QED) is 0.854. The second-order valence-corrected chi connectivity index (χ2v) is 7.98. The summed E-state index contributed by atoms with van der Waals surface area (Å²) in [6.45, 7) is 2.77. The molecule has 1 aliphatic heterocycles. The van der Waals surface area contributed by atoms with Crippen LogP contribution in [0.4, 0.5) is 0 Å². The third-order valence-electron chi connectivity index (χ3n) is 3.37. The lowest BCUT2D eigenvalue weighted by Gasteiger charge is -2.29. The molecule has 0 radical (unpaired) electrons. The fraction of sp³-hybridized carbons (Fsp3) is 0.583. The van der Waals surface area contributed by atoms with Crippen molar-refractivity contribution in [3.63, 3.8) is 0 Å². The minimum Gasteiger partial charge on any atom is -0.481 e. The largest absolute Gasteiger partial charge is 0.481 e. The average Bonchev–Trinajstić information content (AvgIpc) is 2.82. The third kappa shape index (κ3) is 3.78. The van der Waals surface area contributed by atoms with Gasteiger partial charge in [0.1, 0.15) is 0 Å². The van der Waals surface area contributed by atoms with E-state index in [0.717, 1.165) is 9.75 Å². The molecule has 112 valence electrons. The maximum Gasteiger partial charge on any atom is 0.306 e. The Bertz CT molecular complexity index is 574. The van der Waals surface area contributed by atoms with Gasteiger partial charge < -0.3 is 5.11 Å². The van der Waals surface area contributed by atoms with Gasteiger partial charge in [-0.2, -0.15) is 17.4 Å². The summed E-state index contributed by atoms with van der Waals surface area (Å²) in [6.07, 6.45) is 0.739. The molecule has 1 saturated heterocycles. The predicted molar refractivity (Wildman–Crippen MR) is 76.7 cm³/mol. The Morgan fingerprint density at radius 3 is 2.60 bits per heavy atom. The number of hydrogen-bond acceptors (Lipinski definition) is 4. The smallest absolute Gasteiger partial charge is 0.306 e. The first kappa shape index (κ1) is 15.4. The summed E-state index contributed by atoms with van der Waals surface area (Å²) in [5.74, 6) is -1.27. The van der Waals surface area contributed by atoms with Crippen molar-refractivity contribution in [3.8, 4) is 0 Å². The molecule has 0 amide bonds. The van der Waals surface area contributed by atoms with Crippen molar-refractivity contribution in [3.05, 3.63) is 21.9 Å². The van der Waals surface area contributed by atoms with Gasteiger partial charge in [-0.05, 0) is 31.9 Å². The molecule has 2 heterocycles. The Balaban J connectivity index is 1.89. The molecule has 0 atom stereocenters. The number of rotatable bonds is 5. The fourth-order valence-corrected chi connectivity index (χ4v) is 4.31. The number of hydrogen-bond donors (Lipinski definition) is 2. The Hall–Kier alpha value is -0.960. The second-order valence-electron chi connectivity index (χ2n) is 4.85. The monoisotopic (exact) mass is 318 g/mol. The first-order chi connectivity index (χ1) is 9.38. The fourth-order valence-electron chi connectivity index (χ4n) is 2.18. The minimum absolute atomic E-state index is 0.260. The SMILES string of the molecule is Cc1ccc(CNS(=O)(=O)N2CCC(C(=O)O)CC2)s1. The van der Waals surface area contributed by atoms with Gasteiger partial charge in [-0.3, -0.25) is 4.79 Å². The lowest BCUT2D eigenvalue weighted by Crippen LogP contribution is -2.45. The molecule has 2 rings (SSSR count). The van der Waals surface area contributed by atoms with Crippen LogP contribution in [0, 0.1) is 12.8 Å². The molecular formula is C12H18N2O4S2. The lowest BCUT2D eigenvalue weighted by molar-refractivity contribution is -0.142. The summed E-state index contributed by atoms with van der Waals surface area (Å²) < 4.78 is 28.1. The number of nitrogens with zero attached hydrogens (tertiary/aromatic N) is 1. The van der Waals surface area contributed by atoms with Crippen LogP contribution >= 0.6 is 11.3 Å². The number of carboxylic acid groups (broad SMARTS) is 1. The minimum atomic E-state index is -3.52. The van der Waals surface area contributed by atoms with Gasteiger partial charge in [0, 0.05) is 29.4 Å². The number of carboxylic acids is 1. The highest BCUT2D eigenvalue weighted by molar-refractivity contribution is 7.87. The van der Waals surface area contributed by atoms with Crippen molar-refractivity contribution in [2.24, 2.45) is 5.92 Å². The second kappa shape index (κ2) is 6.21. The molecule has 20 heavy (non-hydrogen) atoms. The molecule has 1 aromatic rings. The van der Waals surface area contributed by atoms with Crippen LogP contribution < -0.4 is 4.72 Å². The molecule has 1 aliphatic rings. The molecule has 8 heteroatoms. The number of aliphatic carboxylic acids is 1. The van der Waals surface area contributed by atoms with E-state index < -0.39 is 22.1 Å². The number of carbonyl (C=O) groups is 1. The van der Waals surface area contributed by atoms with E-state index in [1.54, 1.807) is 11.3 Å². The van der Waals surface area contributed by atoms with Crippen molar-refractivity contribution in [1.82, 2.24) is 9.03 Å². The van der Waals surface area contributed by atoms with Crippen LogP contribution in [0.2, 0.25) is 0 Å². The summed E-state index contributed by atoms with van der Waals surface area (Å²) in [5, 5.41) is 8.90. The van der Waals surface area contributed by atoms with Crippen molar-refractivity contribution in [1.29, 1.82) is 0 Å². The van der Waals surface area contributed by atoms with Crippen LogP contribution in [-0.4, -0.2) is 36.9 Å². The first-order valence-corrected chi connectivity index (χ1v) is 8.67. The Morgan fingerprint density at radius 1 is 1.45 bits per heavy atom. The van der Waals surface area contributed by atoms with Gasteiger partial charge in [-0.1, -0.05) is 0 Å². The van der Waals surface area contributed by atoms with Crippen LogP contribution in [0.1, 0.15) is 22.6 Å². The molecule has 0 spiro atoms. The maximum absolute atomic E-state index is 12.1. The molecule has 0 saturated carbocycles. The molecule has 2 N–H and O–H groups in total. The van der Waals surface area contributed by atoms with Crippen LogP contribution in [0.25, 0.3) is 0 Å². The molecule has 0 aliphatic carbocycles. The van der Waals surface area contributed by atoms with Crippen molar-refractivity contribution >= 4 is 27.5 Å². The van der Waals surface area contributed by atoms with Crippen LogP contribution in [0.15, 0.2) is 12.1 Å². The molecule has 0 unspecified atom stereocenters. The van der Waals surface area contributed by atoms with Gasteiger partial charge in [-0.15, -0.1) is 11.3 Å². The van der Waals surface area contributed by atoms with Crippen molar-refractivity contribution in [2.45, 2.75) is 26.3 Å². The van der Waals surface area contributed by atoms with E-state index in [0.29, 0.717) is 12.8 Å². The van der Waals surface area contributed by atoms with Crippen LogP contribution in [0.3, 0.4) is 0 Å². The van der Waals surface area contributed by atoms with E-state index in [9.17, 15) is 13.2 Å². The Morgan fingerprint density at radius 2 is 2.10 bits per heavy atom. The average molecular weight is 318 g/mol. The maximum atomic E-state index is 12.1. The number of thiophene rings is 1. The number of aryl methyl sites for hydroxylation is 1. The zero-order valence-electron chi connectivity index (χ0n) is 11.2. The number of nitrogens with one attached hydrogen (secondary N) is 1. The van der Waals surface area contributed by atoms with E-state index >= 15 is 0 Å². The summed E-state index contributed by atoms with van der Waals surface area (Å²) >= 11 is 1.56. The van der Waals surface area contributed by atoms with Crippen molar-refractivity contribution < 1.29 is 18.3 Å². The summed E-state index contributed by atoms with van der Waals surface area (Å²) in [6, 6.07) is 3.85. The summed E-state index contributed by atoms with van der Waals surface area (Å²) in [4.78, 5) is 12.9. The van der Waals surface area contributed by atoms with Gasteiger partial charge in [0.2, 0.25) is 0 Å². The highest BCUT2D eigenvalue weighted by Gasteiger charge is 2.30. The molecule has 6 nitrogen and oxygen atoms in total. The third-order valence-corrected chi connectivity index (χ3v) is 5.92. The summed E-state index contributed by atoms with van der Waals surface area (Å²) in [7, 11) is -3.52. The van der Waals surface area contributed by atoms with E-state index in [-0.39, 0.29) is 19.6 Å². The molecule has 0 aromatic carbocycles. The zero-order chi connectivity index (χ0) is 14.8. The number of piperidine rings is 1. The predicted octanol–water partition coefficient (Wildman–Crippen LogP) is 1.19. The van der Waals surface area contributed by atoms with E-state index in [4.69, 9.17) is 5.11 Å². The van der Waals surface area contributed by atoms with E-state index in [2.05, 4.69) is 4.72 Å². The molecular weight excluding hydrogens is 300 g/mol. The topological polar surface area (TPSA) is 86.7 Å². The van der Waals surface area contributed by atoms with Gasteiger partial charge in [0.05, 0.1) is 5.92 Å². The molecule has 1 aromatic heterocycles. The Kier molecular flexibility index (Phi) is 4.79. The lowest BCUT2D eigenvalue weighted by atomic mass is 9.99. The summed E-state index contributed by atoms with van der Waals surface area (Å²) in [5.41, 5.74) is 0. The standard InChI is InChI=1S/C12H18N2O4S2/c1-9-2-3-11(19-9)8-13-20(17,18)14-6-4-10(5-7-14)12(15)16/h2-3,10,13H,4-8H2,1H3,(H,15,16). The zero-order valence-corrected chi connectivity index (χ0v) is 12.8. The Labute approximate surface area is 122 Å². The highest BCUT2D eigenvalue weighted by Crippen LogP contribution is 2.20. The van der Waals surface area contributed by atoms with Crippen LogP contribution in [-0.2, 0) is 21.5 Å². The van der Waals surface area contributed by atoms with Gasteiger partial charge in [0.25, 0.3) is 10.2 Å².